The summed E-state index contributed by atoms with van der Waals surface area (Å²) in [5.41, 5.74) is 0. The van der Waals surface area contributed by atoms with Gasteiger partial charge in [-0.05, 0) is 69.1 Å². The summed E-state index contributed by atoms with van der Waals surface area (Å²) >= 11 is 0. The molecule has 0 radical (unpaired) electrons. The Hall–Kier alpha value is -0.440. The average molecular weight is 312 g/mol. The smallest absolute Gasteiger partial charge is 0.316 e. The molecule has 2 aliphatic carbocycles. The van der Waals surface area contributed by atoms with E-state index >= 15 is 0 Å². The highest BCUT2D eigenvalue weighted by Crippen LogP contribution is 2.54. The SMILES string of the molecule is C/C=C/[C@H]1CC[C@H]([C@H]2[C@H](C3CCC(C)CC3)OC2(F)F)CC1. The summed E-state index contributed by atoms with van der Waals surface area (Å²) in [6, 6.07) is 0. The van der Waals surface area contributed by atoms with Crippen molar-refractivity contribution in [1.82, 2.24) is 0 Å². The topological polar surface area (TPSA) is 9.23 Å². The van der Waals surface area contributed by atoms with Crippen molar-refractivity contribution in [3.8, 4) is 0 Å². The molecule has 0 aromatic carbocycles. The molecule has 1 nitrogen and oxygen atoms in total. The fraction of sp³-hybridized carbons (Fsp3) is 0.895. The van der Waals surface area contributed by atoms with E-state index in [1.807, 2.05) is 6.92 Å². The molecule has 3 rings (SSSR count). The molecule has 0 bridgehead atoms. The van der Waals surface area contributed by atoms with Gasteiger partial charge in [0.2, 0.25) is 0 Å². The summed E-state index contributed by atoms with van der Waals surface area (Å²) < 4.78 is 33.2. The standard InChI is InChI=1S/C19H30F2O/c1-3-4-14-7-11-15(12-8-14)17-18(22-19(17,20)21)16-9-5-13(2)6-10-16/h3-4,13-18H,5-12H2,1-2H3/b4-3+/t13?,14-,15-,16?,17-,18-/m0/s1. The van der Waals surface area contributed by atoms with E-state index in [1.54, 1.807) is 0 Å². The van der Waals surface area contributed by atoms with E-state index in [1.165, 1.54) is 12.8 Å². The summed E-state index contributed by atoms with van der Waals surface area (Å²) in [5, 5.41) is 0. The lowest BCUT2D eigenvalue weighted by molar-refractivity contribution is -0.418. The Balaban J connectivity index is 1.60. The van der Waals surface area contributed by atoms with Crippen molar-refractivity contribution in [2.24, 2.45) is 29.6 Å². The second kappa shape index (κ2) is 6.59. The number of halogens is 2. The van der Waals surface area contributed by atoms with Crippen molar-refractivity contribution < 1.29 is 13.5 Å². The van der Waals surface area contributed by atoms with Gasteiger partial charge < -0.3 is 4.74 Å². The van der Waals surface area contributed by atoms with Crippen LogP contribution in [0.1, 0.15) is 65.2 Å². The van der Waals surface area contributed by atoms with Crippen LogP contribution in [-0.4, -0.2) is 12.2 Å². The Labute approximate surface area is 133 Å². The van der Waals surface area contributed by atoms with E-state index in [4.69, 9.17) is 4.74 Å². The van der Waals surface area contributed by atoms with Gasteiger partial charge in [-0.1, -0.05) is 31.9 Å². The number of rotatable bonds is 3. The van der Waals surface area contributed by atoms with Gasteiger partial charge in [0, 0.05) is 0 Å². The van der Waals surface area contributed by atoms with E-state index in [2.05, 4.69) is 19.1 Å². The molecule has 0 amide bonds. The van der Waals surface area contributed by atoms with Crippen molar-refractivity contribution in [3.05, 3.63) is 12.2 Å². The van der Waals surface area contributed by atoms with Crippen LogP contribution in [0.5, 0.6) is 0 Å². The number of alkyl halides is 2. The number of ether oxygens (including phenoxy) is 1. The molecule has 3 aliphatic rings. The maximum absolute atomic E-state index is 14.1. The third-order valence-corrected chi connectivity index (χ3v) is 6.35. The fourth-order valence-corrected chi connectivity index (χ4v) is 4.97. The van der Waals surface area contributed by atoms with Crippen LogP contribution in [-0.2, 0) is 4.74 Å². The van der Waals surface area contributed by atoms with Gasteiger partial charge >= 0.3 is 6.11 Å². The lowest BCUT2D eigenvalue weighted by Gasteiger charge is -2.52. The van der Waals surface area contributed by atoms with Gasteiger partial charge in [0.15, 0.2) is 0 Å². The van der Waals surface area contributed by atoms with Crippen LogP contribution in [0, 0.1) is 29.6 Å². The van der Waals surface area contributed by atoms with E-state index in [-0.39, 0.29) is 12.0 Å². The molecular formula is C19H30F2O. The predicted octanol–water partition coefficient (Wildman–Crippen LogP) is 5.80. The summed E-state index contributed by atoms with van der Waals surface area (Å²) in [4.78, 5) is 0. The highest BCUT2D eigenvalue weighted by atomic mass is 19.3. The van der Waals surface area contributed by atoms with Gasteiger partial charge in [0.1, 0.15) is 0 Å². The molecule has 3 fully saturated rings. The maximum Gasteiger partial charge on any atom is 0.361 e. The van der Waals surface area contributed by atoms with E-state index in [0.29, 0.717) is 11.8 Å². The third-order valence-electron chi connectivity index (χ3n) is 6.35. The summed E-state index contributed by atoms with van der Waals surface area (Å²) in [6.45, 7) is 4.31. The molecule has 22 heavy (non-hydrogen) atoms. The normalized spacial score (nSPS) is 45.6. The van der Waals surface area contributed by atoms with Crippen LogP contribution in [0.15, 0.2) is 12.2 Å². The monoisotopic (exact) mass is 312 g/mol. The van der Waals surface area contributed by atoms with Crippen molar-refractivity contribution >= 4 is 0 Å². The molecule has 0 aromatic rings. The zero-order chi connectivity index (χ0) is 15.7. The number of hydrogen-bond acceptors (Lipinski definition) is 1. The highest BCUT2D eigenvalue weighted by molar-refractivity contribution is 4.99. The van der Waals surface area contributed by atoms with Crippen LogP contribution in [0.3, 0.4) is 0 Å². The lowest BCUT2D eigenvalue weighted by Crippen LogP contribution is -2.61. The van der Waals surface area contributed by atoms with Crippen molar-refractivity contribution in [2.75, 3.05) is 0 Å². The molecule has 126 valence electrons. The summed E-state index contributed by atoms with van der Waals surface area (Å²) in [7, 11) is 0. The average Bonchev–Trinajstić information content (AvgIpc) is 2.48. The number of allylic oxidation sites excluding steroid dienone is 2. The molecule has 1 saturated heterocycles. The van der Waals surface area contributed by atoms with Gasteiger partial charge in [-0.25, -0.2) is 0 Å². The Morgan fingerprint density at radius 3 is 2.05 bits per heavy atom. The van der Waals surface area contributed by atoms with Crippen LogP contribution in [0.25, 0.3) is 0 Å². The van der Waals surface area contributed by atoms with Crippen LogP contribution in [0.4, 0.5) is 8.78 Å². The first-order valence-electron chi connectivity index (χ1n) is 9.19. The zero-order valence-electron chi connectivity index (χ0n) is 13.9. The Bertz CT molecular complexity index is 390. The minimum atomic E-state index is -2.87. The Morgan fingerprint density at radius 2 is 1.50 bits per heavy atom. The van der Waals surface area contributed by atoms with Gasteiger partial charge in [-0.3, -0.25) is 0 Å². The molecule has 3 heteroatoms. The fourth-order valence-electron chi connectivity index (χ4n) is 4.97. The molecule has 0 unspecified atom stereocenters. The molecule has 2 atom stereocenters. The van der Waals surface area contributed by atoms with Crippen LogP contribution in [0.2, 0.25) is 0 Å². The Morgan fingerprint density at radius 1 is 0.909 bits per heavy atom. The van der Waals surface area contributed by atoms with E-state index < -0.39 is 12.0 Å². The van der Waals surface area contributed by atoms with Crippen LogP contribution >= 0.6 is 0 Å². The maximum atomic E-state index is 14.1. The quantitative estimate of drug-likeness (QED) is 0.598. The van der Waals surface area contributed by atoms with Crippen LogP contribution < -0.4 is 0 Å². The first kappa shape index (κ1) is 16.4. The Kier molecular flexibility index (Phi) is 4.92. The molecule has 2 saturated carbocycles. The van der Waals surface area contributed by atoms with Crippen molar-refractivity contribution in [3.63, 3.8) is 0 Å². The minimum absolute atomic E-state index is 0.162. The lowest BCUT2D eigenvalue weighted by atomic mass is 9.66. The van der Waals surface area contributed by atoms with E-state index in [0.717, 1.165) is 44.4 Å². The largest absolute Gasteiger partial charge is 0.361 e. The van der Waals surface area contributed by atoms with E-state index in [9.17, 15) is 8.78 Å². The molecule has 0 N–H and O–H groups in total. The van der Waals surface area contributed by atoms with Gasteiger partial charge in [0.05, 0.1) is 12.0 Å². The van der Waals surface area contributed by atoms with Crippen molar-refractivity contribution in [1.29, 1.82) is 0 Å². The molecular weight excluding hydrogens is 282 g/mol. The first-order valence-corrected chi connectivity index (χ1v) is 9.19. The first-order chi connectivity index (χ1) is 10.5. The second-order valence-corrected chi connectivity index (χ2v) is 7.89. The molecule has 1 aliphatic heterocycles. The molecule has 1 heterocycles. The van der Waals surface area contributed by atoms with Gasteiger partial charge in [0.25, 0.3) is 0 Å². The van der Waals surface area contributed by atoms with Gasteiger partial charge in [-0.15, -0.1) is 0 Å². The second-order valence-electron chi connectivity index (χ2n) is 7.89. The van der Waals surface area contributed by atoms with Crippen molar-refractivity contribution in [2.45, 2.75) is 77.4 Å². The molecule has 0 aromatic heterocycles. The minimum Gasteiger partial charge on any atom is -0.316 e. The summed E-state index contributed by atoms with van der Waals surface area (Å²) in [5.74, 6) is 1.37. The van der Waals surface area contributed by atoms with Gasteiger partial charge in [-0.2, -0.15) is 8.78 Å². The predicted molar refractivity (Wildman–Crippen MR) is 84.7 cm³/mol. The number of hydrogen-bond donors (Lipinski definition) is 0. The molecule has 0 spiro atoms. The highest BCUT2D eigenvalue weighted by Gasteiger charge is 2.62. The third kappa shape index (κ3) is 3.25. The summed E-state index contributed by atoms with van der Waals surface area (Å²) in [6.07, 6.45) is 9.82. The zero-order valence-corrected chi connectivity index (χ0v) is 13.9.